The summed E-state index contributed by atoms with van der Waals surface area (Å²) in [6.45, 7) is 2.07. The number of hydrogen-bond acceptors (Lipinski definition) is 2. The van der Waals surface area contributed by atoms with Crippen LogP contribution in [0.5, 0.6) is 0 Å². The summed E-state index contributed by atoms with van der Waals surface area (Å²) in [6, 6.07) is 54.5. The summed E-state index contributed by atoms with van der Waals surface area (Å²) in [5.41, 5.74) is 9.98. The largest absolute Gasteiger partial charge is 0.456 e. The Kier molecular flexibility index (Phi) is 5.49. The van der Waals surface area contributed by atoms with E-state index in [9.17, 15) is 0 Å². The summed E-state index contributed by atoms with van der Waals surface area (Å²) < 4.78 is 8.50. The molecule has 0 bridgehead atoms. The summed E-state index contributed by atoms with van der Waals surface area (Å²) in [6.07, 6.45) is 0. The Bertz CT molecular complexity index is 2800. The van der Waals surface area contributed by atoms with E-state index in [0.29, 0.717) is 0 Å². The second-order valence-electron chi connectivity index (χ2n) is 12.3. The summed E-state index contributed by atoms with van der Waals surface area (Å²) in [5.74, 6) is 0.982. The molecule has 0 aliphatic rings. The van der Waals surface area contributed by atoms with Crippen molar-refractivity contribution in [2.75, 3.05) is 0 Å². The molecular weight excluding hydrogens is 572 g/mol. The highest BCUT2D eigenvalue weighted by atomic mass is 16.3. The third-order valence-corrected chi connectivity index (χ3v) is 9.72. The van der Waals surface area contributed by atoms with Gasteiger partial charge in [-0.05, 0) is 104 Å². The van der Waals surface area contributed by atoms with E-state index in [4.69, 9.17) is 9.40 Å². The molecule has 10 rings (SSSR count). The number of furan rings is 1. The van der Waals surface area contributed by atoms with Gasteiger partial charge in [-0.15, -0.1) is 0 Å². The predicted molar refractivity (Wildman–Crippen MR) is 196 cm³/mol. The molecule has 8 aromatic carbocycles. The highest BCUT2D eigenvalue weighted by Crippen LogP contribution is 2.45. The average Bonchev–Trinajstić information content (AvgIpc) is 3.67. The second kappa shape index (κ2) is 9.90. The highest BCUT2D eigenvalue weighted by Gasteiger charge is 2.18. The average molecular weight is 601 g/mol. The standard InChI is InChI=1S/C44H28N2O/c1-27-45-38-15-7-8-16-39(38)46(27)31-23-20-29(21-24-31)42-32-10-2-4-12-34(32)43(35-13-5-3-11-33(35)42)30-19-18-28-22-25-41-44(37(28)26-30)36-14-6-9-17-40(36)47-41/h2-26H,1H3. The molecule has 0 aliphatic heterocycles. The summed E-state index contributed by atoms with van der Waals surface area (Å²) >= 11 is 0. The fourth-order valence-corrected chi connectivity index (χ4v) is 7.70. The van der Waals surface area contributed by atoms with Crippen molar-refractivity contribution >= 4 is 65.3 Å². The number of nitrogens with zero attached hydrogens (tertiary/aromatic N) is 2. The first kappa shape index (κ1) is 26.1. The lowest BCUT2D eigenvalue weighted by Gasteiger charge is -2.18. The van der Waals surface area contributed by atoms with Crippen molar-refractivity contribution in [2.45, 2.75) is 6.92 Å². The Morgan fingerprint density at radius 3 is 1.79 bits per heavy atom. The molecule has 220 valence electrons. The SMILES string of the molecule is Cc1nc2ccccc2n1-c1ccc(-c2c3ccccc3c(-c3ccc4ccc5oc6ccccc6c5c4c3)c3ccccc23)cc1. The molecule has 10 aromatic rings. The fourth-order valence-electron chi connectivity index (χ4n) is 7.70. The normalized spacial score (nSPS) is 11.9. The minimum Gasteiger partial charge on any atom is -0.456 e. The molecule has 3 heteroatoms. The number of fused-ring (bicyclic) bond motifs is 8. The van der Waals surface area contributed by atoms with E-state index in [-0.39, 0.29) is 0 Å². The number of aromatic nitrogens is 2. The molecule has 47 heavy (non-hydrogen) atoms. The van der Waals surface area contributed by atoms with E-state index in [1.54, 1.807) is 0 Å². The van der Waals surface area contributed by atoms with Crippen molar-refractivity contribution in [3.8, 4) is 27.9 Å². The molecule has 2 aromatic heterocycles. The van der Waals surface area contributed by atoms with Crippen LogP contribution < -0.4 is 0 Å². The predicted octanol–water partition coefficient (Wildman–Crippen LogP) is 12.0. The van der Waals surface area contributed by atoms with Crippen LogP contribution in [0.1, 0.15) is 5.82 Å². The van der Waals surface area contributed by atoms with E-state index < -0.39 is 0 Å². The molecule has 0 saturated carbocycles. The molecule has 2 heterocycles. The smallest absolute Gasteiger partial charge is 0.136 e. The molecule has 0 fully saturated rings. The number of para-hydroxylation sites is 3. The first-order valence-corrected chi connectivity index (χ1v) is 16.1. The first-order valence-electron chi connectivity index (χ1n) is 16.1. The molecule has 0 atom stereocenters. The Hall–Kier alpha value is -6.19. The summed E-state index contributed by atoms with van der Waals surface area (Å²) in [4.78, 5) is 4.80. The molecule has 0 unspecified atom stereocenters. The lowest BCUT2D eigenvalue weighted by Crippen LogP contribution is -1.97. The van der Waals surface area contributed by atoms with Crippen LogP contribution in [0.3, 0.4) is 0 Å². The van der Waals surface area contributed by atoms with Gasteiger partial charge in [0.2, 0.25) is 0 Å². The monoisotopic (exact) mass is 600 g/mol. The van der Waals surface area contributed by atoms with E-state index in [1.807, 2.05) is 12.1 Å². The van der Waals surface area contributed by atoms with Crippen LogP contribution in [0, 0.1) is 6.92 Å². The Morgan fingerprint density at radius 1 is 0.489 bits per heavy atom. The number of aryl methyl sites for hydroxylation is 1. The summed E-state index contributed by atoms with van der Waals surface area (Å²) in [7, 11) is 0. The maximum absolute atomic E-state index is 6.27. The fraction of sp³-hybridized carbons (Fsp3) is 0.0227. The van der Waals surface area contributed by atoms with Crippen molar-refractivity contribution in [3.63, 3.8) is 0 Å². The molecular formula is C44H28N2O. The van der Waals surface area contributed by atoms with Crippen LogP contribution in [-0.4, -0.2) is 9.55 Å². The van der Waals surface area contributed by atoms with Gasteiger partial charge in [-0.3, -0.25) is 4.57 Å². The van der Waals surface area contributed by atoms with Gasteiger partial charge in [0.05, 0.1) is 11.0 Å². The van der Waals surface area contributed by atoms with Crippen molar-refractivity contribution in [1.29, 1.82) is 0 Å². The van der Waals surface area contributed by atoms with E-state index >= 15 is 0 Å². The second-order valence-corrected chi connectivity index (χ2v) is 12.3. The summed E-state index contributed by atoms with van der Waals surface area (Å²) in [5, 5.41) is 9.70. The number of hydrogen-bond donors (Lipinski definition) is 0. The lowest BCUT2D eigenvalue weighted by atomic mass is 9.85. The minimum absolute atomic E-state index is 0.919. The van der Waals surface area contributed by atoms with Gasteiger partial charge in [-0.1, -0.05) is 109 Å². The van der Waals surface area contributed by atoms with Gasteiger partial charge in [-0.2, -0.15) is 0 Å². The van der Waals surface area contributed by atoms with Crippen LogP contribution in [0.25, 0.3) is 93.2 Å². The zero-order chi connectivity index (χ0) is 31.1. The Labute approximate surface area is 270 Å². The zero-order valence-electron chi connectivity index (χ0n) is 25.7. The van der Waals surface area contributed by atoms with Crippen molar-refractivity contribution in [3.05, 3.63) is 157 Å². The van der Waals surface area contributed by atoms with Gasteiger partial charge in [0.1, 0.15) is 17.0 Å². The number of benzene rings is 8. The van der Waals surface area contributed by atoms with Crippen LogP contribution in [0.4, 0.5) is 0 Å². The highest BCUT2D eigenvalue weighted by molar-refractivity contribution is 6.23. The van der Waals surface area contributed by atoms with Crippen molar-refractivity contribution in [2.24, 2.45) is 0 Å². The van der Waals surface area contributed by atoms with Gasteiger partial charge in [0.15, 0.2) is 0 Å². The van der Waals surface area contributed by atoms with Crippen LogP contribution in [0.15, 0.2) is 156 Å². The molecule has 3 nitrogen and oxygen atoms in total. The first-order chi connectivity index (χ1) is 23.2. The quantitative estimate of drug-likeness (QED) is 0.189. The van der Waals surface area contributed by atoms with Crippen LogP contribution >= 0.6 is 0 Å². The molecule has 0 aliphatic carbocycles. The van der Waals surface area contributed by atoms with Gasteiger partial charge >= 0.3 is 0 Å². The third kappa shape index (κ3) is 3.84. The third-order valence-electron chi connectivity index (χ3n) is 9.72. The molecule has 0 spiro atoms. The van der Waals surface area contributed by atoms with E-state index in [0.717, 1.165) is 39.1 Å². The van der Waals surface area contributed by atoms with Crippen LogP contribution in [0.2, 0.25) is 0 Å². The maximum atomic E-state index is 6.27. The van der Waals surface area contributed by atoms with Gasteiger partial charge in [0, 0.05) is 16.5 Å². The Morgan fingerprint density at radius 2 is 1.06 bits per heavy atom. The molecule has 0 amide bonds. The topological polar surface area (TPSA) is 31.0 Å². The number of imidazole rings is 1. The minimum atomic E-state index is 0.919. The van der Waals surface area contributed by atoms with E-state index in [2.05, 4.69) is 151 Å². The van der Waals surface area contributed by atoms with Gasteiger partial charge < -0.3 is 4.42 Å². The van der Waals surface area contributed by atoms with Crippen molar-refractivity contribution < 1.29 is 4.42 Å². The number of rotatable bonds is 3. The maximum Gasteiger partial charge on any atom is 0.136 e. The van der Waals surface area contributed by atoms with E-state index in [1.165, 1.54) is 60.0 Å². The zero-order valence-corrected chi connectivity index (χ0v) is 25.7. The molecule has 0 saturated heterocycles. The lowest BCUT2D eigenvalue weighted by molar-refractivity contribution is 0.669. The van der Waals surface area contributed by atoms with Gasteiger partial charge in [0.25, 0.3) is 0 Å². The Balaban J connectivity index is 1.21. The van der Waals surface area contributed by atoms with Crippen LogP contribution in [-0.2, 0) is 0 Å². The molecule has 0 N–H and O–H groups in total. The van der Waals surface area contributed by atoms with Gasteiger partial charge in [-0.25, -0.2) is 4.98 Å². The van der Waals surface area contributed by atoms with Crippen molar-refractivity contribution in [1.82, 2.24) is 9.55 Å². The molecule has 0 radical (unpaired) electrons.